The number of carboxylic acids is 1. The Labute approximate surface area is 136 Å². The molecular formula is C15H22N2O5S. The smallest absolute Gasteiger partial charge is 0.323 e. The van der Waals surface area contributed by atoms with Crippen molar-refractivity contribution in [2.45, 2.75) is 31.6 Å². The summed E-state index contributed by atoms with van der Waals surface area (Å²) in [4.78, 5) is 24.4. The molecule has 1 rings (SSSR count). The van der Waals surface area contributed by atoms with E-state index < -0.39 is 16.0 Å². The highest BCUT2D eigenvalue weighted by Gasteiger charge is 2.17. The number of aliphatic carboxylic acids is 1. The van der Waals surface area contributed by atoms with Crippen LogP contribution >= 0.6 is 0 Å². The van der Waals surface area contributed by atoms with Crippen molar-refractivity contribution in [2.24, 2.45) is 0 Å². The third kappa shape index (κ3) is 5.99. The van der Waals surface area contributed by atoms with E-state index in [9.17, 15) is 18.0 Å². The van der Waals surface area contributed by atoms with Gasteiger partial charge < -0.3 is 10.0 Å². The summed E-state index contributed by atoms with van der Waals surface area (Å²) in [5, 5.41) is 8.83. The van der Waals surface area contributed by atoms with Crippen molar-refractivity contribution in [3.63, 3.8) is 0 Å². The maximum atomic E-state index is 12.2. The van der Waals surface area contributed by atoms with Gasteiger partial charge in [0, 0.05) is 13.1 Å². The second-order valence-corrected chi connectivity index (χ2v) is 6.80. The third-order valence-corrected chi connectivity index (χ3v) is 4.66. The lowest BCUT2D eigenvalue weighted by molar-refractivity contribution is -0.144. The minimum atomic E-state index is -3.52. The fraction of sp³-hybridized carbons (Fsp3) is 0.467. The number of nitrogens with one attached hydrogen (secondary N) is 1. The standard InChI is InChI=1S/C15H22N2O5S/c1-3-9-17(11-15(19)20)14(18)10-12-5-7-13(8-6-12)23(21,22)16-4-2/h5-8,16H,3-4,9-11H2,1-2H3,(H,19,20). The first-order valence-electron chi connectivity index (χ1n) is 7.38. The summed E-state index contributed by atoms with van der Waals surface area (Å²) < 4.78 is 26.0. The first-order chi connectivity index (χ1) is 10.8. The van der Waals surface area contributed by atoms with Gasteiger partial charge in [-0.05, 0) is 24.1 Å². The zero-order valence-electron chi connectivity index (χ0n) is 13.3. The average molecular weight is 342 g/mol. The van der Waals surface area contributed by atoms with Gasteiger partial charge in [-0.3, -0.25) is 9.59 Å². The molecule has 0 aliphatic rings. The number of carbonyl (C=O) groups excluding carboxylic acids is 1. The van der Waals surface area contributed by atoms with Crippen molar-refractivity contribution in [1.82, 2.24) is 9.62 Å². The Hall–Kier alpha value is -1.93. The molecule has 0 heterocycles. The topological polar surface area (TPSA) is 104 Å². The molecule has 2 N–H and O–H groups in total. The van der Waals surface area contributed by atoms with Gasteiger partial charge in [-0.15, -0.1) is 0 Å². The molecule has 0 radical (unpaired) electrons. The summed E-state index contributed by atoms with van der Waals surface area (Å²) in [6, 6.07) is 5.99. The Morgan fingerprint density at radius 1 is 1.17 bits per heavy atom. The van der Waals surface area contributed by atoms with Crippen LogP contribution in [0.3, 0.4) is 0 Å². The largest absolute Gasteiger partial charge is 0.480 e. The molecule has 0 saturated heterocycles. The van der Waals surface area contributed by atoms with Crippen LogP contribution in [0.2, 0.25) is 0 Å². The number of benzene rings is 1. The molecule has 7 nitrogen and oxygen atoms in total. The van der Waals surface area contributed by atoms with Crippen LogP contribution in [0.1, 0.15) is 25.8 Å². The average Bonchev–Trinajstić information content (AvgIpc) is 2.47. The van der Waals surface area contributed by atoms with Crippen molar-refractivity contribution in [1.29, 1.82) is 0 Å². The summed E-state index contributed by atoms with van der Waals surface area (Å²) in [5.74, 6) is -1.35. The van der Waals surface area contributed by atoms with Crippen LogP contribution in [0, 0.1) is 0 Å². The Morgan fingerprint density at radius 2 is 1.78 bits per heavy atom. The van der Waals surface area contributed by atoms with Gasteiger partial charge in [0.1, 0.15) is 6.54 Å². The van der Waals surface area contributed by atoms with Crippen molar-refractivity contribution >= 4 is 21.9 Å². The molecule has 0 spiro atoms. The Morgan fingerprint density at radius 3 is 2.26 bits per heavy atom. The van der Waals surface area contributed by atoms with Gasteiger partial charge in [-0.2, -0.15) is 0 Å². The summed E-state index contributed by atoms with van der Waals surface area (Å²) in [5.41, 5.74) is 0.636. The molecule has 8 heteroatoms. The molecule has 0 bridgehead atoms. The first kappa shape index (κ1) is 19.1. The molecule has 0 aliphatic carbocycles. The third-order valence-electron chi connectivity index (χ3n) is 3.10. The Balaban J connectivity index is 2.80. The van der Waals surface area contributed by atoms with Gasteiger partial charge in [-0.25, -0.2) is 13.1 Å². The van der Waals surface area contributed by atoms with Gasteiger partial charge in [0.15, 0.2) is 0 Å². The van der Waals surface area contributed by atoms with Gasteiger partial charge >= 0.3 is 5.97 Å². The molecule has 0 aliphatic heterocycles. The molecule has 23 heavy (non-hydrogen) atoms. The number of carboxylic acid groups (broad SMARTS) is 1. The van der Waals surface area contributed by atoms with Crippen LogP contribution in [-0.4, -0.2) is 49.9 Å². The van der Waals surface area contributed by atoms with E-state index in [4.69, 9.17) is 5.11 Å². The van der Waals surface area contributed by atoms with Crippen LogP contribution < -0.4 is 4.72 Å². The lowest BCUT2D eigenvalue weighted by Crippen LogP contribution is -2.37. The van der Waals surface area contributed by atoms with E-state index in [1.165, 1.54) is 17.0 Å². The lowest BCUT2D eigenvalue weighted by atomic mass is 10.1. The molecule has 1 amide bonds. The van der Waals surface area contributed by atoms with Crippen LogP contribution in [-0.2, 0) is 26.0 Å². The molecular weight excluding hydrogens is 320 g/mol. The molecule has 0 unspecified atom stereocenters. The van der Waals surface area contributed by atoms with Gasteiger partial charge in [0.05, 0.1) is 11.3 Å². The number of rotatable bonds is 9. The zero-order valence-corrected chi connectivity index (χ0v) is 14.1. The molecule has 1 aromatic rings. The molecule has 0 aromatic heterocycles. The minimum absolute atomic E-state index is 0.0365. The SMILES string of the molecule is CCCN(CC(=O)O)C(=O)Cc1ccc(S(=O)(=O)NCC)cc1. The zero-order chi connectivity index (χ0) is 17.5. The number of hydrogen-bond donors (Lipinski definition) is 2. The highest BCUT2D eigenvalue weighted by molar-refractivity contribution is 7.89. The summed E-state index contributed by atoms with van der Waals surface area (Å²) in [6.07, 6.45) is 0.702. The molecule has 0 atom stereocenters. The molecule has 0 fully saturated rings. The molecule has 0 saturated carbocycles. The summed E-state index contributed by atoms with van der Waals surface area (Å²) in [6.45, 7) is 3.89. The second kappa shape index (κ2) is 8.64. The van der Waals surface area contributed by atoms with Crippen LogP contribution in [0.4, 0.5) is 0 Å². The number of carbonyl (C=O) groups is 2. The number of amides is 1. The van der Waals surface area contributed by atoms with E-state index in [1.807, 2.05) is 6.92 Å². The predicted octanol–water partition coefficient (Wildman–Crippen LogP) is 0.850. The Bertz CT molecular complexity index is 640. The highest BCUT2D eigenvalue weighted by atomic mass is 32.2. The Kier molecular flexibility index (Phi) is 7.18. The normalized spacial score (nSPS) is 11.2. The van der Waals surface area contributed by atoms with E-state index in [0.29, 0.717) is 25.1 Å². The highest BCUT2D eigenvalue weighted by Crippen LogP contribution is 2.12. The van der Waals surface area contributed by atoms with Crippen LogP contribution in [0.25, 0.3) is 0 Å². The predicted molar refractivity (Wildman–Crippen MR) is 85.5 cm³/mol. The van der Waals surface area contributed by atoms with E-state index in [2.05, 4.69) is 4.72 Å². The number of nitrogens with zero attached hydrogens (tertiary/aromatic N) is 1. The van der Waals surface area contributed by atoms with E-state index in [0.717, 1.165) is 0 Å². The quantitative estimate of drug-likeness (QED) is 0.692. The lowest BCUT2D eigenvalue weighted by Gasteiger charge is -2.20. The van der Waals surface area contributed by atoms with Gasteiger partial charge in [-0.1, -0.05) is 26.0 Å². The van der Waals surface area contributed by atoms with Crippen molar-refractivity contribution < 1.29 is 23.1 Å². The van der Waals surface area contributed by atoms with Crippen molar-refractivity contribution in [3.8, 4) is 0 Å². The fourth-order valence-electron chi connectivity index (χ4n) is 2.07. The minimum Gasteiger partial charge on any atom is -0.480 e. The van der Waals surface area contributed by atoms with Crippen molar-refractivity contribution in [2.75, 3.05) is 19.6 Å². The number of hydrogen-bond acceptors (Lipinski definition) is 4. The van der Waals surface area contributed by atoms with Crippen LogP contribution in [0.15, 0.2) is 29.2 Å². The van der Waals surface area contributed by atoms with E-state index >= 15 is 0 Å². The van der Waals surface area contributed by atoms with E-state index in [1.54, 1.807) is 19.1 Å². The van der Waals surface area contributed by atoms with Crippen molar-refractivity contribution in [3.05, 3.63) is 29.8 Å². The first-order valence-corrected chi connectivity index (χ1v) is 8.86. The molecule has 128 valence electrons. The van der Waals surface area contributed by atoms with Crippen LogP contribution in [0.5, 0.6) is 0 Å². The van der Waals surface area contributed by atoms with E-state index in [-0.39, 0.29) is 23.8 Å². The van der Waals surface area contributed by atoms with Gasteiger partial charge in [0.2, 0.25) is 15.9 Å². The monoisotopic (exact) mass is 342 g/mol. The summed E-state index contributed by atoms with van der Waals surface area (Å²) >= 11 is 0. The summed E-state index contributed by atoms with van der Waals surface area (Å²) in [7, 11) is -3.52. The van der Waals surface area contributed by atoms with Gasteiger partial charge in [0.25, 0.3) is 0 Å². The maximum absolute atomic E-state index is 12.2. The fourth-order valence-corrected chi connectivity index (χ4v) is 3.11. The molecule has 1 aromatic carbocycles. The second-order valence-electron chi connectivity index (χ2n) is 5.03. The number of sulfonamides is 1. The maximum Gasteiger partial charge on any atom is 0.323 e.